The van der Waals surface area contributed by atoms with Crippen LogP contribution in [0.4, 0.5) is 0 Å². The third-order valence-corrected chi connectivity index (χ3v) is 12.7. The first kappa shape index (κ1) is 22.2. The molecule has 34 heavy (non-hydrogen) atoms. The first-order valence-corrected chi connectivity index (χ1v) is 14.8. The minimum Gasteiger partial charge on any atom is -0.462 e. The number of esters is 2. The van der Waals surface area contributed by atoms with Crippen molar-refractivity contribution in [2.45, 2.75) is 103 Å². The molecule has 8 saturated carbocycles. The Hall–Kier alpha value is -1.06. The van der Waals surface area contributed by atoms with Gasteiger partial charge in [0.15, 0.2) is 0 Å². The maximum atomic E-state index is 13.9. The van der Waals surface area contributed by atoms with Gasteiger partial charge >= 0.3 is 11.9 Å². The third-order valence-electron chi connectivity index (χ3n) is 12.7. The summed E-state index contributed by atoms with van der Waals surface area (Å²) < 4.78 is 12.8. The smallest absolute Gasteiger partial charge is 0.309 e. The van der Waals surface area contributed by atoms with Crippen molar-refractivity contribution in [1.29, 1.82) is 0 Å². The van der Waals surface area contributed by atoms with Gasteiger partial charge in [-0.25, -0.2) is 0 Å². The molecule has 0 saturated heterocycles. The highest BCUT2D eigenvalue weighted by Crippen LogP contribution is 2.70. The summed E-state index contributed by atoms with van der Waals surface area (Å²) >= 11 is 0. The fourth-order valence-electron chi connectivity index (χ4n) is 11.4. The van der Waals surface area contributed by atoms with Crippen LogP contribution in [-0.2, 0) is 19.1 Å². The van der Waals surface area contributed by atoms with Crippen LogP contribution in [0, 0.1) is 71.0 Å². The number of carbonyl (C=O) groups is 2. The van der Waals surface area contributed by atoms with Gasteiger partial charge in [0.1, 0.15) is 11.7 Å². The van der Waals surface area contributed by atoms with E-state index in [1.807, 2.05) is 6.92 Å². The van der Waals surface area contributed by atoms with Crippen LogP contribution in [0.25, 0.3) is 0 Å². The monoisotopic (exact) mass is 468 g/mol. The molecule has 0 amide bonds. The highest BCUT2D eigenvalue weighted by atomic mass is 16.6. The summed E-state index contributed by atoms with van der Waals surface area (Å²) in [7, 11) is 0. The molecular formula is C30H44O4. The van der Waals surface area contributed by atoms with E-state index in [4.69, 9.17) is 9.47 Å². The molecule has 4 nitrogen and oxygen atoms in total. The number of hydrogen-bond acceptors (Lipinski definition) is 4. The van der Waals surface area contributed by atoms with E-state index in [0.717, 1.165) is 43.4 Å². The third kappa shape index (κ3) is 2.95. The second-order valence-electron chi connectivity index (χ2n) is 13.9. The van der Waals surface area contributed by atoms with Crippen molar-refractivity contribution >= 4 is 11.9 Å². The van der Waals surface area contributed by atoms with Crippen molar-refractivity contribution in [3.8, 4) is 0 Å². The molecule has 8 fully saturated rings. The lowest BCUT2D eigenvalue weighted by atomic mass is 9.49. The molecular weight excluding hydrogens is 424 g/mol. The van der Waals surface area contributed by atoms with Crippen LogP contribution in [0.1, 0.15) is 91.4 Å². The summed E-state index contributed by atoms with van der Waals surface area (Å²) in [6.07, 6.45) is 13.1. The largest absolute Gasteiger partial charge is 0.462 e. The van der Waals surface area contributed by atoms with Gasteiger partial charge in [-0.05, 0) is 130 Å². The molecule has 0 aliphatic heterocycles. The van der Waals surface area contributed by atoms with Gasteiger partial charge in [-0.1, -0.05) is 20.8 Å². The van der Waals surface area contributed by atoms with Crippen molar-refractivity contribution in [3.05, 3.63) is 0 Å². The van der Waals surface area contributed by atoms with E-state index in [1.165, 1.54) is 44.9 Å². The lowest BCUT2D eigenvalue weighted by molar-refractivity contribution is -0.216. The fraction of sp³-hybridized carbons (Fsp3) is 0.933. The van der Waals surface area contributed by atoms with Crippen molar-refractivity contribution in [2.75, 3.05) is 0 Å². The molecule has 0 aromatic rings. The van der Waals surface area contributed by atoms with Gasteiger partial charge in [-0.3, -0.25) is 9.59 Å². The Labute approximate surface area is 205 Å². The summed E-state index contributed by atoms with van der Waals surface area (Å²) in [5.74, 6) is 6.95. The van der Waals surface area contributed by atoms with Crippen LogP contribution in [0.2, 0.25) is 0 Å². The Morgan fingerprint density at radius 1 is 0.824 bits per heavy atom. The van der Waals surface area contributed by atoms with Crippen molar-refractivity contribution in [2.24, 2.45) is 71.0 Å². The Balaban J connectivity index is 1.07. The average Bonchev–Trinajstić information content (AvgIpc) is 3.59. The van der Waals surface area contributed by atoms with Crippen molar-refractivity contribution in [1.82, 2.24) is 0 Å². The van der Waals surface area contributed by atoms with Crippen molar-refractivity contribution < 1.29 is 19.1 Å². The van der Waals surface area contributed by atoms with Gasteiger partial charge < -0.3 is 9.47 Å². The van der Waals surface area contributed by atoms with Crippen LogP contribution in [0.5, 0.6) is 0 Å². The van der Waals surface area contributed by atoms with Crippen LogP contribution in [0.3, 0.4) is 0 Å². The molecule has 8 aliphatic carbocycles. The summed E-state index contributed by atoms with van der Waals surface area (Å²) in [5.41, 5.74) is -0.172. The molecule has 9 atom stereocenters. The molecule has 8 aliphatic rings. The number of carbonyl (C=O) groups excluding carboxylic acids is 2. The summed E-state index contributed by atoms with van der Waals surface area (Å²) in [6, 6.07) is 0. The average molecular weight is 469 g/mol. The van der Waals surface area contributed by atoms with Crippen LogP contribution in [-0.4, -0.2) is 23.6 Å². The minimum absolute atomic E-state index is 0.0103. The van der Waals surface area contributed by atoms with Gasteiger partial charge in [0.05, 0.1) is 11.8 Å². The lowest BCUT2D eigenvalue weighted by Gasteiger charge is -2.60. The van der Waals surface area contributed by atoms with Gasteiger partial charge in [-0.2, -0.15) is 0 Å². The fourth-order valence-corrected chi connectivity index (χ4v) is 11.4. The predicted molar refractivity (Wildman–Crippen MR) is 128 cm³/mol. The SMILES string of the molecule is CCC(C)C(=O)OC1CC2CC1C1C3CC(CC3C(=O)OC3(CC)C4CC5CC(C4)CC3C5)C21. The molecule has 0 aromatic heterocycles. The molecule has 8 rings (SSSR count). The zero-order valence-electron chi connectivity index (χ0n) is 21.4. The predicted octanol–water partition coefficient (Wildman–Crippen LogP) is 6.02. The molecule has 0 heterocycles. The number of rotatable bonds is 6. The summed E-state index contributed by atoms with van der Waals surface area (Å²) in [5, 5.41) is 0. The Bertz CT molecular complexity index is 836. The number of ether oxygens (including phenoxy) is 2. The van der Waals surface area contributed by atoms with E-state index in [-0.39, 0.29) is 35.5 Å². The maximum absolute atomic E-state index is 13.9. The topological polar surface area (TPSA) is 52.6 Å². The Morgan fingerprint density at radius 3 is 2.12 bits per heavy atom. The molecule has 4 heteroatoms. The molecule has 0 aromatic carbocycles. The van der Waals surface area contributed by atoms with E-state index in [0.29, 0.717) is 41.4 Å². The van der Waals surface area contributed by atoms with Gasteiger partial charge in [0.2, 0.25) is 0 Å². The van der Waals surface area contributed by atoms with E-state index in [9.17, 15) is 9.59 Å². The quantitative estimate of drug-likeness (QED) is 0.353. The first-order valence-electron chi connectivity index (χ1n) is 14.8. The standard InChI is InChI=1S/C30H44O4/c1-4-15(3)28(31)33-25-14-19-13-24(25)27-22-11-18(26(19)27)12-23(22)29(32)34-30(5-2)20-7-16-6-17(9-20)10-21(30)8-16/h15-27H,4-14H2,1-3H3. The second kappa shape index (κ2) is 7.72. The zero-order valence-corrected chi connectivity index (χ0v) is 21.4. The summed E-state index contributed by atoms with van der Waals surface area (Å²) in [6.45, 7) is 6.32. The Morgan fingerprint density at radius 2 is 1.47 bits per heavy atom. The van der Waals surface area contributed by atoms with E-state index >= 15 is 0 Å². The van der Waals surface area contributed by atoms with E-state index in [2.05, 4.69) is 13.8 Å². The number of fused-ring (bicyclic) bond motifs is 9. The van der Waals surface area contributed by atoms with Crippen LogP contribution in [0.15, 0.2) is 0 Å². The maximum Gasteiger partial charge on any atom is 0.309 e. The van der Waals surface area contributed by atoms with Crippen LogP contribution < -0.4 is 0 Å². The highest BCUT2D eigenvalue weighted by molar-refractivity contribution is 5.74. The Kier molecular flexibility index (Phi) is 5.03. The summed E-state index contributed by atoms with van der Waals surface area (Å²) in [4.78, 5) is 26.4. The van der Waals surface area contributed by atoms with E-state index in [1.54, 1.807) is 0 Å². The minimum atomic E-state index is -0.172. The molecule has 188 valence electrons. The molecule has 9 unspecified atom stereocenters. The van der Waals surface area contributed by atoms with Crippen molar-refractivity contribution in [3.63, 3.8) is 0 Å². The molecule has 0 N–H and O–H groups in total. The normalized spacial score (nSPS) is 54.3. The lowest BCUT2D eigenvalue weighted by Crippen LogP contribution is -2.60. The van der Waals surface area contributed by atoms with Gasteiger partial charge in [0.25, 0.3) is 0 Å². The van der Waals surface area contributed by atoms with Crippen LogP contribution >= 0.6 is 0 Å². The zero-order chi connectivity index (χ0) is 23.4. The first-order chi connectivity index (χ1) is 16.4. The van der Waals surface area contributed by atoms with Gasteiger partial charge in [0, 0.05) is 0 Å². The van der Waals surface area contributed by atoms with E-state index < -0.39 is 0 Å². The molecule has 8 bridgehead atoms. The van der Waals surface area contributed by atoms with Gasteiger partial charge in [-0.15, -0.1) is 0 Å². The molecule has 0 radical (unpaired) electrons. The molecule has 0 spiro atoms. The number of hydrogen-bond donors (Lipinski definition) is 0. The second-order valence-corrected chi connectivity index (χ2v) is 13.9. The highest BCUT2D eigenvalue weighted by Gasteiger charge is 2.67.